The quantitative estimate of drug-likeness (QED) is 0.359. The Morgan fingerprint density at radius 1 is 1.19 bits per heavy atom. The number of carbonyl (C=O) groups is 2. The molecule has 0 N–H and O–H groups in total. The Hall–Kier alpha value is -1.32. The molecule has 0 spiro atoms. The molecule has 1 heterocycles. The van der Waals surface area contributed by atoms with Gasteiger partial charge in [0.15, 0.2) is 0 Å². The highest BCUT2D eigenvalue weighted by Crippen LogP contribution is 2.35. The number of ether oxygens (including phenoxy) is 1. The Kier molecular flexibility index (Phi) is 6.42. The summed E-state index contributed by atoms with van der Waals surface area (Å²) in [5.74, 6) is 0.404. The predicted molar refractivity (Wildman–Crippen MR) is 116 cm³/mol. The van der Waals surface area contributed by atoms with E-state index in [0.717, 1.165) is 30.9 Å². The number of imide groups is 1. The number of hydrogen-bond acceptors (Lipinski definition) is 4. The molecule has 1 aliphatic rings. The van der Waals surface area contributed by atoms with Crippen molar-refractivity contribution in [3.63, 3.8) is 0 Å². The van der Waals surface area contributed by atoms with E-state index < -0.39 is 0 Å². The van der Waals surface area contributed by atoms with Crippen molar-refractivity contribution in [2.24, 2.45) is 0 Å². The van der Waals surface area contributed by atoms with Crippen molar-refractivity contribution in [1.82, 2.24) is 4.90 Å². The average molecular weight is 544 g/mol. The van der Waals surface area contributed by atoms with Crippen LogP contribution >= 0.6 is 50.3 Å². The van der Waals surface area contributed by atoms with Crippen LogP contribution in [0, 0.1) is 3.57 Å². The molecule has 3 rings (SSSR count). The smallest absolute Gasteiger partial charge is 0.293 e. The number of rotatable bonds is 5. The molecule has 1 fully saturated rings. The number of halogens is 2. The summed E-state index contributed by atoms with van der Waals surface area (Å²) >= 11 is 6.61. The molecule has 0 unspecified atom stereocenters. The van der Waals surface area contributed by atoms with Gasteiger partial charge in [0.1, 0.15) is 5.75 Å². The van der Waals surface area contributed by atoms with Gasteiger partial charge in [0.25, 0.3) is 11.1 Å². The van der Waals surface area contributed by atoms with E-state index in [2.05, 4.69) is 38.5 Å². The molecule has 0 aliphatic carbocycles. The summed E-state index contributed by atoms with van der Waals surface area (Å²) in [4.78, 5) is 26.7. The lowest BCUT2D eigenvalue weighted by atomic mass is 10.1. The average Bonchev–Trinajstić information content (AvgIpc) is 2.87. The number of benzene rings is 2. The maximum absolute atomic E-state index is 12.7. The summed E-state index contributed by atoms with van der Waals surface area (Å²) in [6.07, 6.45) is 1.72. The van der Waals surface area contributed by atoms with Crippen molar-refractivity contribution in [2.45, 2.75) is 13.5 Å². The first-order chi connectivity index (χ1) is 12.5. The van der Waals surface area contributed by atoms with Crippen LogP contribution in [-0.2, 0) is 11.3 Å². The Bertz CT molecular complexity index is 883. The van der Waals surface area contributed by atoms with Gasteiger partial charge in [-0.3, -0.25) is 14.5 Å². The zero-order chi connectivity index (χ0) is 18.7. The summed E-state index contributed by atoms with van der Waals surface area (Å²) in [5, 5.41) is -0.257. The molecule has 0 atom stereocenters. The van der Waals surface area contributed by atoms with E-state index in [1.165, 1.54) is 4.90 Å². The normalized spacial score (nSPS) is 15.8. The third kappa shape index (κ3) is 4.50. The summed E-state index contributed by atoms with van der Waals surface area (Å²) in [6, 6.07) is 13.4. The second kappa shape index (κ2) is 8.58. The summed E-state index contributed by atoms with van der Waals surface area (Å²) in [7, 11) is 0. The number of amides is 2. The van der Waals surface area contributed by atoms with Crippen LogP contribution in [0.4, 0.5) is 4.79 Å². The van der Waals surface area contributed by atoms with Gasteiger partial charge in [-0.15, -0.1) is 0 Å². The zero-order valence-corrected chi connectivity index (χ0v) is 18.4. The van der Waals surface area contributed by atoms with E-state index in [1.807, 2.05) is 49.4 Å². The Morgan fingerprint density at radius 2 is 1.92 bits per heavy atom. The van der Waals surface area contributed by atoms with Gasteiger partial charge in [-0.05, 0) is 83.2 Å². The minimum atomic E-state index is -0.277. The van der Waals surface area contributed by atoms with Crippen LogP contribution in [-0.4, -0.2) is 22.7 Å². The molecule has 1 saturated heterocycles. The first-order valence-corrected chi connectivity index (χ1v) is 10.6. The highest BCUT2D eigenvalue weighted by molar-refractivity contribution is 14.1. The minimum Gasteiger partial charge on any atom is -0.493 e. The van der Waals surface area contributed by atoms with Gasteiger partial charge in [0, 0.05) is 13.6 Å². The Balaban J connectivity index is 1.85. The van der Waals surface area contributed by atoms with Crippen LogP contribution in [0.2, 0.25) is 0 Å². The van der Waals surface area contributed by atoms with Crippen molar-refractivity contribution < 1.29 is 14.3 Å². The van der Waals surface area contributed by atoms with Crippen molar-refractivity contribution in [2.75, 3.05) is 6.61 Å². The molecule has 0 bridgehead atoms. The maximum atomic E-state index is 12.7. The van der Waals surface area contributed by atoms with E-state index in [1.54, 1.807) is 6.08 Å². The lowest BCUT2D eigenvalue weighted by Gasteiger charge is -2.12. The number of nitrogens with zero attached hydrogens (tertiary/aromatic N) is 1. The molecule has 7 heteroatoms. The molecule has 1 aliphatic heterocycles. The second-order valence-corrected chi connectivity index (χ2v) is 8.66. The maximum Gasteiger partial charge on any atom is 0.293 e. The summed E-state index contributed by atoms with van der Waals surface area (Å²) in [5.41, 5.74) is 1.69. The van der Waals surface area contributed by atoms with Crippen molar-refractivity contribution >= 4 is 67.5 Å². The predicted octanol–water partition coefficient (Wildman–Crippen LogP) is 5.69. The fourth-order valence-electron chi connectivity index (χ4n) is 2.47. The van der Waals surface area contributed by atoms with Gasteiger partial charge in [-0.25, -0.2) is 0 Å². The van der Waals surface area contributed by atoms with Crippen LogP contribution in [0.1, 0.15) is 18.1 Å². The van der Waals surface area contributed by atoms with Gasteiger partial charge in [-0.1, -0.05) is 28.1 Å². The molecule has 134 valence electrons. The Labute approximate surface area is 178 Å². The molecule has 4 nitrogen and oxygen atoms in total. The largest absolute Gasteiger partial charge is 0.493 e. The fourth-order valence-corrected chi connectivity index (χ4v) is 4.04. The zero-order valence-electron chi connectivity index (χ0n) is 13.9. The number of carbonyl (C=O) groups excluding carboxylic acids is 2. The van der Waals surface area contributed by atoms with E-state index in [0.29, 0.717) is 17.3 Å². The summed E-state index contributed by atoms with van der Waals surface area (Å²) < 4.78 is 7.60. The molecule has 26 heavy (non-hydrogen) atoms. The van der Waals surface area contributed by atoms with E-state index in [-0.39, 0.29) is 17.7 Å². The first kappa shape index (κ1) is 19.4. The van der Waals surface area contributed by atoms with Gasteiger partial charge in [-0.2, -0.15) is 0 Å². The lowest BCUT2D eigenvalue weighted by molar-refractivity contribution is -0.123. The first-order valence-electron chi connectivity index (χ1n) is 7.90. The van der Waals surface area contributed by atoms with Crippen molar-refractivity contribution in [3.8, 4) is 5.75 Å². The van der Waals surface area contributed by atoms with Gasteiger partial charge in [0.05, 0.1) is 18.1 Å². The van der Waals surface area contributed by atoms with Crippen LogP contribution < -0.4 is 4.74 Å². The third-order valence-electron chi connectivity index (χ3n) is 3.69. The van der Waals surface area contributed by atoms with Crippen LogP contribution in [0.25, 0.3) is 6.08 Å². The molecular formula is C19H15BrINO3S. The standard InChI is InChI=1S/C19H15BrINO3S/c1-2-25-16-8-5-14(20)9-13(16)10-17-18(23)22(19(24)26-17)11-12-3-6-15(21)7-4-12/h3-10H,2,11H2,1H3/b17-10+. The topological polar surface area (TPSA) is 46.6 Å². The van der Waals surface area contributed by atoms with Gasteiger partial charge in [0.2, 0.25) is 0 Å². The van der Waals surface area contributed by atoms with Gasteiger partial charge < -0.3 is 4.74 Å². The lowest BCUT2D eigenvalue weighted by Crippen LogP contribution is -2.27. The molecule has 0 saturated carbocycles. The molecule has 2 aromatic carbocycles. The fraction of sp³-hybridized carbons (Fsp3) is 0.158. The highest BCUT2D eigenvalue weighted by atomic mass is 127. The minimum absolute atomic E-state index is 0.257. The third-order valence-corrected chi connectivity index (χ3v) is 5.81. The SMILES string of the molecule is CCOc1ccc(Br)cc1/C=C1/SC(=O)N(Cc2ccc(I)cc2)C1=O. The molecule has 2 aromatic rings. The van der Waals surface area contributed by atoms with Crippen LogP contribution in [0.15, 0.2) is 51.8 Å². The van der Waals surface area contributed by atoms with E-state index >= 15 is 0 Å². The Morgan fingerprint density at radius 3 is 2.62 bits per heavy atom. The van der Waals surface area contributed by atoms with Crippen molar-refractivity contribution in [3.05, 3.63) is 66.5 Å². The molecule has 0 aromatic heterocycles. The second-order valence-electron chi connectivity index (χ2n) is 5.51. The van der Waals surface area contributed by atoms with Crippen LogP contribution in [0.5, 0.6) is 5.75 Å². The van der Waals surface area contributed by atoms with E-state index in [9.17, 15) is 9.59 Å². The number of hydrogen-bond donors (Lipinski definition) is 0. The highest BCUT2D eigenvalue weighted by Gasteiger charge is 2.35. The molecule has 0 radical (unpaired) electrons. The van der Waals surface area contributed by atoms with E-state index in [4.69, 9.17) is 4.74 Å². The molecular weight excluding hydrogens is 529 g/mol. The summed E-state index contributed by atoms with van der Waals surface area (Å²) in [6.45, 7) is 2.70. The van der Waals surface area contributed by atoms with Gasteiger partial charge >= 0.3 is 0 Å². The van der Waals surface area contributed by atoms with Crippen molar-refractivity contribution in [1.29, 1.82) is 0 Å². The molecule has 2 amide bonds. The monoisotopic (exact) mass is 543 g/mol. The van der Waals surface area contributed by atoms with Crippen LogP contribution in [0.3, 0.4) is 0 Å². The number of thioether (sulfide) groups is 1.